The number of aryl methyl sites for hydroxylation is 1. The second kappa shape index (κ2) is 8.93. The first-order valence-corrected chi connectivity index (χ1v) is 11.8. The fourth-order valence-corrected chi connectivity index (χ4v) is 4.24. The average molecular weight is 446 g/mol. The Kier molecular flexibility index (Phi) is 6.49. The van der Waals surface area contributed by atoms with Crippen molar-refractivity contribution in [3.8, 4) is 0 Å². The van der Waals surface area contributed by atoms with E-state index < -0.39 is 21.8 Å². The summed E-state index contributed by atoms with van der Waals surface area (Å²) < 4.78 is 25.2. The SMILES string of the molecule is Cc1cc(NC(=O)C(=O)N2C[C@@H](C)CCC2c2ccc(NS(C)(=O)=O)cc2)cnc1N. The topological polar surface area (TPSA) is 134 Å². The van der Waals surface area contributed by atoms with E-state index in [-0.39, 0.29) is 12.0 Å². The molecule has 0 saturated carbocycles. The predicted octanol–water partition coefficient (Wildman–Crippen LogP) is 2.28. The Bertz CT molecular complexity index is 1090. The third-order valence-corrected chi connectivity index (χ3v) is 5.85. The zero-order chi connectivity index (χ0) is 22.8. The van der Waals surface area contributed by atoms with E-state index in [2.05, 4.69) is 15.0 Å². The number of hydrogen-bond donors (Lipinski definition) is 3. The summed E-state index contributed by atoms with van der Waals surface area (Å²) >= 11 is 0. The van der Waals surface area contributed by atoms with Gasteiger partial charge in [-0.05, 0) is 55.0 Å². The van der Waals surface area contributed by atoms with Gasteiger partial charge in [-0.3, -0.25) is 14.3 Å². The van der Waals surface area contributed by atoms with E-state index in [9.17, 15) is 18.0 Å². The van der Waals surface area contributed by atoms with Crippen molar-refractivity contribution in [1.82, 2.24) is 9.88 Å². The van der Waals surface area contributed by atoms with Gasteiger partial charge >= 0.3 is 11.8 Å². The standard InChI is InChI=1S/C21H27N5O4S/c1-13-4-9-18(15-5-7-16(8-6-15)25-31(3,29)30)26(12-13)21(28)20(27)24-17-10-14(2)19(22)23-11-17/h5-8,10-11,13,18,25H,4,9,12H2,1-3H3,(H2,22,23)(H,24,27)/t13-,18?/m0/s1. The van der Waals surface area contributed by atoms with Gasteiger partial charge in [0.05, 0.1) is 24.2 Å². The lowest BCUT2D eigenvalue weighted by atomic mass is 9.89. The van der Waals surface area contributed by atoms with Crippen molar-refractivity contribution in [2.75, 3.05) is 28.6 Å². The van der Waals surface area contributed by atoms with Crippen molar-refractivity contribution in [3.63, 3.8) is 0 Å². The van der Waals surface area contributed by atoms with Crippen LogP contribution in [0.5, 0.6) is 0 Å². The van der Waals surface area contributed by atoms with Crippen LogP contribution >= 0.6 is 0 Å². The maximum atomic E-state index is 13.0. The highest BCUT2D eigenvalue weighted by atomic mass is 32.2. The number of nitrogens with one attached hydrogen (secondary N) is 2. The van der Waals surface area contributed by atoms with Crippen molar-refractivity contribution in [1.29, 1.82) is 0 Å². The minimum atomic E-state index is -3.37. The monoisotopic (exact) mass is 445 g/mol. The highest BCUT2D eigenvalue weighted by Gasteiger charge is 2.34. The third kappa shape index (κ3) is 5.72. The Balaban J connectivity index is 1.78. The lowest BCUT2D eigenvalue weighted by Gasteiger charge is -2.38. The number of carbonyl (C=O) groups excluding carboxylic acids is 2. The maximum absolute atomic E-state index is 13.0. The van der Waals surface area contributed by atoms with Crippen LogP contribution in [0.3, 0.4) is 0 Å². The highest BCUT2D eigenvalue weighted by Crippen LogP contribution is 2.34. The molecule has 10 heteroatoms. The van der Waals surface area contributed by atoms with E-state index in [0.29, 0.717) is 35.7 Å². The lowest BCUT2D eigenvalue weighted by molar-refractivity contribution is -0.146. The molecule has 9 nitrogen and oxygen atoms in total. The maximum Gasteiger partial charge on any atom is 0.313 e. The molecule has 2 aromatic rings. The van der Waals surface area contributed by atoms with Gasteiger partial charge in [-0.15, -0.1) is 0 Å². The molecule has 2 heterocycles. The third-order valence-electron chi connectivity index (χ3n) is 5.25. The van der Waals surface area contributed by atoms with E-state index in [0.717, 1.165) is 18.2 Å². The summed E-state index contributed by atoms with van der Waals surface area (Å²) in [6, 6.07) is 8.25. The zero-order valence-electron chi connectivity index (χ0n) is 17.8. The van der Waals surface area contributed by atoms with Crippen LogP contribution in [0.4, 0.5) is 17.2 Å². The molecule has 1 aromatic carbocycles. The molecule has 2 amide bonds. The number of nitrogens with two attached hydrogens (primary N) is 1. The van der Waals surface area contributed by atoms with Crippen molar-refractivity contribution in [2.45, 2.75) is 32.7 Å². The molecule has 0 radical (unpaired) electrons. The minimum absolute atomic E-state index is 0.264. The molecule has 31 heavy (non-hydrogen) atoms. The van der Waals surface area contributed by atoms with Crippen LogP contribution < -0.4 is 15.8 Å². The molecule has 1 unspecified atom stereocenters. The molecule has 1 fully saturated rings. The summed E-state index contributed by atoms with van der Waals surface area (Å²) in [5.41, 5.74) is 8.10. The van der Waals surface area contributed by atoms with Gasteiger partial charge < -0.3 is 16.0 Å². The average Bonchev–Trinajstić information content (AvgIpc) is 2.69. The summed E-state index contributed by atoms with van der Waals surface area (Å²) in [6.07, 6.45) is 4.12. The molecule has 0 bridgehead atoms. The molecular formula is C21H27N5O4S. The van der Waals surface area contributed by atoms with Gasteiger partial charge in [0, 0.05) is 12.2 Å². The zero-order valence-corrected chi connectivity index (χ0v) is 18.6. The predicted molar refractivity (Wildman–Crippen MR) is 120 cm³/mol. The molecule has 166 valence electrons. The number of pyridine rings is 1. The Labute approximate surface area is 182 Å². The molecule has 0 spiro atoms. The van der Waals surface area contributed by atoms with E-state index in [1.54, 1.807) is 42.2 Å². The lowest BCUT2D eigenvalue weighted by Crippen LogP contribution is -2.46. The first-order chi connectivity index (χ1) is 14.5. The Morgan fingerprint density at radius 2 is 1.84 bits per heavy atom. The number of anilines is 3. The van der Waals surface area contributed by atoms with Crippen molar-refractivity contribution < 1.29 is 18.0 Å². The molecule has 1 aliphatic heterocycles. The number of amides is 2. The number of nitrogen functional groups attached to an aromatic ring is 1. The second-order valence-corrected chi connectivity index (χ2v) is 9.78. The number of carbonyl (C=O) groups is 2. The number of aromatic nitrogens is 1. The molecule has 2 atom stereocenters. The molecule has 0 aliphatic carbocycles. The van der Waals surface area contributed by atoms with Crippen LogP contribution in [-0.2, 0) is 19.6 Å². The largest absolute Gasteiger partial charge is 0.383 e. The van der Waals surface area contributed by atoms with Gasteiger partial charge in [0.15, 0.2) is 0 Å². The summed E-state index contributed by atoms with van der Waals surface area (Å²) in [7, 11) is -3.37. The number of nitrogens with zero attached hydrogens (tertiary/aromatic N) is 2. The van der Waals surface area contributed by atoms with Crippen molar-refractivity contribution in [3.05, 3.63) is 47.7 Å². The van der Waals surface area contributed by atoms with E-state index in [4.69, 9.17) is 5.73 Å². The van der Waals surface area contributed by atoms with E-state index >= 15 is 0 Å². The van der Waals surface area contributed by atoms with Crippen LogP contribution in [0.1, 0.15) is 36.9 Å². The second-order valence-electron chi connectivity index (χ2n) is 8.03. The minimum Gasteiger partial charge on any atom is -0.383 e. The van der Waals surface area contributed by atoms with Crippen LogP contribution in [0.15, 0.2) is 36.5 Å². The van der Waals surface area contributed by atoms with Crippen LogP contribution in [0, 0.1) is 12.8 Å². The van der Waals surface area contributed by atoms with Gasteiger partial charge in [-0.1, -0.05) is 19.1 Å². The van der Waals surface area contributed by atoms with Gasteiger partial charge in [0.1, 0.15) is 5.82 Å². The van der Waals surface area contributed by atoms with Gasteiger partial charge in [-0.25, -0.2) is 13.4 Å². The summed E-state index contributed by atoms with van der Waals surface area (Å²) in [5.74, 6) is -0.729. The quantitative estimate of drug-likeness (QED) is 0.618. The molecule has 3 rings (SSSR count). The molecule has 1 aliphatic rings. The van der Waals surface area contributed by atoms with Crippen LogP contribution in [0.25, 0.3) is 0 Å². The number of sulfonamides is 1. The van der Waals surface area contributed by atoms with Gasteiger partial charge in [0.2, 0.25) is 10.0 Å². The van der Waals surface area contributed by atoms with Crippen molar-refractivity contribution in [2.24, 2.45) is 5.92 Å². The Morgan fingerprint density at radius 1 is 1.16 bits per heavy atom. The van der Waals surface area contributed by atoms with Crippen LogP contribution in [0.2, 0.25) is 0 Å². The smallest absolute Gasteiger partial charge is 0.313 e. The van der Waals surface area contributed by atoms with Crippen LogP contribution in [-0.4, -0.2) is 42.9 Å². The first-order valence-electron chi connectivity index (χ1n) is 9.95. The number of benzene rings is 1. The van der Waals surface area contributed by atoms with E-state index in [1.807, 2.05) is 6.92 Å². The molecule has 4 N–H and O–H groups in total. The summed E-state index contributed by atoms with van der Waals surface area (Å²) in [4.78, 5) is 31.3. The van der Waals surface area contributed by atoms with E-state index in [1.165, 1.54) is 6.20 Å². The Morgan fingerprint density at radius 3 is 2.45 bits per heavy atom. The van der Waals surface area contributed by atoms with Gasteiger partial charge in [0.25, 0.3) is 0 Å². The molecule has 1 saturated heterocycles. The number of rotatable bonds is 4. The summed E-state index contributed by atoms with van der Waals surface area (Å²) in [6.45, 7) is 4.27. The number of likely N-dealkylation sites (tertiary alicyclic amines) is 1. The molecule has 1 aromatic heterocycles. The number of piperidine rings is 1. The molecular weight excluding hydrogens is 418 g/mol. The highest BCUT2D eigenvalue weighted by molar-refractivity contribution is 7.92. The number of hydrogen-bond acceptors (Lipinski definition) is 6. The van der Waals surface area contributed by atoms with Gasteiger partial charge in [-0.2, -0.15) is 0 Å². The summed E-state index contributed by atoms with van der Waals surface area (Å²) in [5, 5.41) is 2.60. The Hall–Kier alpha value is -3.14. The first kappa shape index (κ1) is 22.5. The fraction of sp³-hybridized carbons (Fsp3) is 0.381. The fourth-order valence-electron chi connectivity index (χ4n) is 3.68. The van der Waals surface area contributed by atoms with Crippen molar-refractivity contribution >= 4 is 39.0 Å². The normalized spacial score (nSPS) is 19.0.